The van der Waals surface area contributed by atoms with Crippen molar-refractivity contribution in [1.29, 1.82) is 0 Å². The summed E-state index contributed by atoms with van der Waals surface area (Å²) in [4.78, 5) is 0.902. The lowest BCUT2D eigenvalue weighted by molar-refractivity contribution is 0.682. The Morgan fingerprint density at radius 1 is 1.29 bits per heavy atom. The van der Waals surface area contributed by atoms with E-state index in [1.54, 1.807) is 6.08 Å². The van der Waals surface area contributed by atoms with Crippen molar-refractivity contribution in [2.45, 2.75) is 11.3 Å². The Hall–Kier alpha value is -1.15. The lowest BCUT2D eigenvalue weighted by Crippen LogP contribution is -1.96. The molecule has 0 saturated heterocycles. The van der Waals surface area contributed by atoms with Gasteiger partial charge in [0.05, 0.1) is 10.8 Å². The van der Waals surface area contributed by atoms with Crippen LogP contribution in [-0.2, 0) is 10.8 Å². The lowest BCUT2D eigenvalue weighted by atomic mass is 10.4. The molecule has 1 rings (SSSR count). The summed E-state index contributed by atoms with van der Waals surface area (Å²) in [5.41, 5.74) is 0. The van der Waals surface area contributed by atoms with Crippen LogP contribution < -0.4 is 0 Å². The first-order valence-corrected chi connectivity index (χ1v) is 5.87. The van der Waals surface area contributed by atoms with E-state index in [2.05, 4.69) is 6.58 Å². The minimum Gasteiger partial charge on any atom is -0.254 e. The second-order valence-electron chi connectivity index (χ2n) is 2.82. The van der Waals surface area contributed by atoms with Gasteiger partial charge in [0.25, 0.3) is 0 Å². The predicted octanol–water partition coefficient (Wildman–Crippen LogP) is 2.93. The molecule has 0 aliphatic carbocycles. The largest absolute Gasteiger partial charge is 0.254 e. The molecule has 0 amide bonds. The van der Waals surface area contributed by atoms with Gasteiger partial charge < -0.3 is 0 Å². The van der Waals surface area contributed by atoms with Crippen LogP contribution in [0.4, 0.5) is 0 Å². The van der Waals surface area contributed by atoms with Gasteiger partial charge in [0.15, 0.2) is 0 Å². The maximum Gasteiger partial charge on any atom is 0.0532 e. The predicted molar refractivity (Wildman–Crippen MR) is 61.7 cm³/mol. The molecule has 0 spiro atoms. The summed E-state index contributed by atoms with van der Waals surface area (Å²) in [7, 11) is -0.872. The minimum absolute atomic E-state index is 0.675. The first kappa shape index (κ1) is 10.9. The van der Waals surface area contributed by atoms with E-state index in [9.17, 15) is 4.21 Å². The monoisotopic (exact) mass is 206 g/mol. The van der Waals surface area contributed by atoms with Crippen molar-refractivity contribution in [1.82, 2.24) is 0 Å². The highest BCUT2D eigenvalue weighted by molar-refractivity contribution is 7.85. The quantitative estimate of drug-likeness (QED) is 0.677. The molecule has 0 saturated carbocycles. The van der Waals surface area contributed by atoms with E-state index < -0.39 is 10.8 Å². The fourth-order valence-corrected chi connectivity index (χ4v) is 2.10. The average Bonchev–Trinajstić information content (AvgIpc) is 2.25. The van der Waals surface area contributed by atoms with Crippen molar-refractivity contribution in [2.24, 2.45) is 0 Å². The van der Waals surface area contributed by atoms with Gasteiger partial charge >= 0.3 is 0 Å². The molecule has 0 aromatic heterocycles. The molecule has 0 aliphatic heterocycles. The van der Waals surface area contributed by atoms with Crippen LogP contribution in [0.15, 0.2) is 60.0 Å². The van der Waals surface area contributed by atoms with Crippen molar-refractivity contribution in [3.05, 3.63) is 55.1 Å². The summed E-state index contributed by atoms with van der Waals surface area (Å²) in [6, 6.07) is 9.54. The standard InChI is InChI=1S/C12H14OS/c1-2-3-4-8-11-14(13)12-9-6-5-7-10-12/h2-7,9-10H,1,8,11H2/b4-3+. The zero-order chi connectivity index (χ0) is 10.2. The van der Waals surface area contributed by atoms with Crippen molar-refractivity contribution in [3.63, 3.8) is 0 Å². The first-order valence-electron chi connectivity index (χ1n) is 4.55. The van der Waals surface area contributed by atoms with E-state index in [1.165, 1.54) is 0 Å². The molecule has 1 unspecified atom stereocenters. The van der Waals surface area contributed by atoms with Crippen LogP contribution in [0.2, 0.25) is 0 Å². The fraction of sp³-hybridized carbons (Fsp3) is 0.167. The van der Waals surface area contributed by atoms with Crippen LogP contribution >= 0.6 is 0 Å². The molecule has 1 nitrogen and oxygen atoms in total. The normalized spacial score (nSPS) is 12.9. The van der Waals surface area contributed by atoms with Gasteiger partial charge in [-0.25, -0.2) is 0 Å². The van der Waals surface area contributed by atoms with Crippen LogP contribution in [0.5, 0.6) is 0 Å². The molecule has 0 bridgehead atoms. The maximum atomic E-state index is 11.7. The van der Waals surface area contributed by atoms with Crippen LogP contribution in [0.1, 0.15) is 6.42 Å². The van der Waals surface area contributed by atoms with Crippen LogP contribution in [-0.4, -0.2) is 9.96 Å². The Kier molecular flexibility index (Phi) is 4.94. The minimum atomic E-state index is -0.872. The SMILES string of the molecule is C=C/C=C/CCS(=O)c1ccccc1. The van der Waals surface area contributed by atoms with E-state index in [0.29, 0.717) is 5.75 Å². The molecular weight excluding hydrogens is 192 g/mol. The highest BCUT2D eigenvalue weighted by Crippen LogP contribution is 2.06. The van der Waals surface area contributed by atoms with Crippen LogP contribution in [0.25, 0.3) is 0 Å². The third-order valence-electron chi connectivity index (χ3n) is 1.75. The van der Waals surface area contributed by atoms with Gasteiger partial charge in [0, 0.05) is 10.6 Å². The molecule has 1 atom stereocenters. The second kappa shape index (κ2) is 6.33. The second-order valence-corrected chi connectivity index (χ2v) is 4.39. The summed E-state index contributed by atoms with van der Waals surface area (Å²) >= 11 is 0. The highest BCUT2D eigenvalue weighted by Gasteiger charge is 1.99. The molecule has 14 heavy (non-hydrogen) atoms. The summed E-state index contributed by atoms with van der Waals surface area (Å²) in [6.07, 6.45) is 6.41. The third-order valence-corrected chi connectivity index (χ3v) is 3.15. The lowest BCUT2D eigenvalue weighted by Gasteiger charge is -1.98. The average molecular weight is 206 g/mol. The Morgan fingerprint density at radius 2 is 2.00 bits per heavy atom. The molecule has 1 aromatic carbocycles. The van der Waals surface area contributed by atoms with Gasteiger partial charge in [-0.3, -0.25) is 4.21 Å². The summed E-state index contributed by atoms with van der Waals surface area (Å²) < 4.78 is 11.7. The Morgan fingerprint density at radius 3 is 2.64 bits per heavy atom. The summed E-state index contributed by atoms with van der Waals surface area (Å²) in [6.45, 7) is 3.57. The van der Waals surface area contributed by atoms with Gasteiger partial charge in [0.1, 0.15) is 0 Å². The maximum absolute atomic E-state index is 11.7. The molecular formula is C12H14OS. The van der Waals surface area contributed by atoms with E-state index in [0.717, 1.165) is 11.3 Å². The molecule has 74 valence electrons. The van der Waals surface area contributed by atoms with E-state index in [4.69, 9.17) is 0 Å². The molecule has 0 N–H and O–H groups in total. The fourth-order valence-electron chi connectivity index (χ4n) is 1.06. The molecule has 0 fully saturated rings. The zero-order valence-electron chi connectivity index (χ0n) is 8.06. The molecule has 0 heterocycles. The van der Waals surface area contributed by atoms with Gasteiger partial charge in [-0.15, -0.1) is 0 Å². The zero-order valence-corrected chi connectivity index (χ0v) is 8.87. The number of allylic oxidation sites excluding steroid dienone is 3. The van der Waals surface area contributed by atoms with Crippen LogP contribution in [0, 0.1) is 0 Å². The molecule has 0 aliphatic rings. The highest BCUT2D eigenvalue weighted by atomic mass is 32.2. The number of rotatable bonds is 5. The third kappa shape index (κ3) is 3.71. The van der Waals surface area contributed by atoms with Crippen molar-refractivity contribution >= 4 is 10.8 Å². The number of benzene rings is 1. The van der Waals surface area contributed by atoms with E-state index in [-0.39, 0.29) is 0 Å². The summed E-state index contributed by atoms with van der Waals surface area (Å²) in [5.74, 6) is 0.675. The van der Waals surface area contributed by atoms with Crippen LogP contribution in [0.3, 0.4) is 0 Å². The van der Waals surface area contributed by atoms with Crippen molar-refractivity contribution in [3.8, 4) is 0 Å². The topological polar surface area (TPSA) is 17.1 Å². The Balaban J connectivity index is 2.43. The number of hydrogen-bond donors (Lipinski definition) is 0. The van der Waals surface area contributed by atoms with Gasteiger partial charge in [0.2, 0.25) is 0 Å². The molecule has 1 aromatic rings. The molecule has 0 radical (unpaired) electrons. The molecule has 2 heteroatoms. The van der Waals surface area contributed by atoms with E-state index in [1.807, 2.05) is 42.5 Å². The van der Waals surface area contributed by atoms with E-state index >= 15 is 0 Å². The number of hydrogen-bond acceptors (Lipinski definition) is 1. The smallest absolute Gasteiger partial charge is 0.0532 e. The Labute approximate surface area is 87.6 Å². The van der Waals surface area contributed by atoms with Crippen molar-refractivity contribution < 1.29 is 4.21 Å². The first-order chi connectivity index (χ1) is 6.84. The van der Waals surface area contributed by atoms with Gasteiger partial charge in [-0.05, 0) is 18.6 Å². The Bertz CT molecular complexity index is 327. The van der Waals surface area contributed by atoms with Crippen molar-refractivity contribution in [2.75, 3.05) is 5.75 Å². The summed E-state index contributed by atoms with van der Waals surface area (Å²) in [5, 5.41) is 0. The van der Waals surface area contributed by atoms with Gasteiger partial charge in [-0.2, -0.15) is 0 Å². The van der Waals surface area contributed by atoms with Gasteiger partial charge in [-0.1, -0.05) is 43.0 Å².